The number of carbonyl (C=O) groups excluding carboxylic acids is 1. The summed E-state index contributed by atoms with van der Waals surface area (Å²) in [6.07, 6.45) is 6.88. The molecule has 22 heavy (non-hydrogen) atoms. The van der Waals surface area contributed by atoms with Crippen LogP contribution >= 0.6 is 0 Å². The third kappa shape index (κ3) is 2.04. The molecule has 1 N–H and O–H groups in total. The Morgan fingerprint density at radius 3 is 2.73 bits per heavy atom. The lowest BCUT2D eigenvalue weighted by molar-refractivity contribution is -0.119. The highest BCUT2D eigenvalue weighted by atomic mass is 16.2. The molecule has 0 aromatic carbocycles. The van der Waals surface area contributed by atoms with Crippen LogP contribution in [0.2, 0.25) is 0 Å². The first-order valence-corrected chi connectivity index (χ1v) is 8.37. The Kier molecular flexibility index (Phi) is 3.20. The van der Waals surface area contributed by atoms with Gasteiger partial charge in [-0.2, -0.15) is 4.98 Å². The van der Waals surface area contributed by atoms with Crippen molar-refractivity contribution < 1.29 is 4.79 Å². The quantitative estimate of drug-likeness (QED) is 0.904. The van der Waals surface area contributed by atoms with E-state index in [1.165, 1.54) is 25.7 Å². The monoisotopic (exact) mass is 301 g/mol. The van der Waals surface area contributed by atoms with Crippen LogP contribution in [0.3, 0.4) is 0 Å². The number of nitrogens with zero attached hydrogens (tertiary/aromatic N) is 4. The van der Waals surface area contributed by atoms with Crippen LogP contribution in [0.4, 0.5) is 17.5 Å². The van der Waals surface area contributed by atoms with Gasteiger partial charge in [0, 0.05) is 19.6 Å². The first kappa shape index (κ1) is 13.8. The Bertz CT molecular complexity index is 611. The Hall–Kier alpha value is -1.85. The molecule has 6 nitrogen and oxygen atoms in total. The first-order chi connectivity index (χ1) is 10.6. The van der Waals surface area contributed by atoms with E-state index in [2.05, 4.69) is 5.32 Å². The third-order valence-corrected chi connectivity index (χ3v) is 5.23. The molecule has 1 aliphatic carbocycles. The molecule has 3 heterocycles. The predicted molar refractivity (Wildman–Crippen MR) is 86.4 cm³/mol. The molecule has 118 valence electrons. The molecule has 4 rings (SSSR count). The van der Waals surface area contributed by atoms with Gasteiger partial charge < -0.3 is 15.1 Å². The van der Waals surface area contributed by atoms with E-state index in [4.69, 9.17) is 9.97 Å². The lowest BCUT2D eigenvalue weighted by atomic mass is 10.0. The number of aryl methyl sites for hydroxylation is 1. The molecule has 1 saturated carbocycles. The number of carbonyl (C=O) groups is 1. The summed E-state index contributed by atoms with van der Waals surface area (Å²) in [6.45, 7) is 2.74. The Morgan fingerprint density at radius 2 is 1.95 bits per heavy atom. The van der Waals surface area contributed by atoms with Crippen LogP contribution in [0.5, 0.6) is 0 Å². The maximum atomic E-state index is 12.5. The van der Waals surface area contributed by atoms with Crippen molar-refractivity contribution in [3.05, 3.63) is 5.69 Å². The summed E-state index contributed by atoms with van der Waals surface area (Å²) < 4.78 is 0. The van der Waals surface area contributed by atoms with E-state index in [9.17, 15) is 4.79 Å². The van der Waals surface area contributed by atoms with Crippen LogP contribution in [0.25, 0.3) is 0 Å². The van der Waals surface area contributed by atoms with E-state index in [1.807, 2.05) is 23.8 Å². The number of hydrogen-bond acceptors (Lipinski definition) is 5. The van der Waals surface area contributed by atoms with Gasteiger partial charge in [0.1, 0.15) is 11.7 Å². The van der Waals surface area contributed by atoms with Gasteiger partial charge in [0.15, 0.2) is 5.82 Å². The van der Waals surface area contributed by atoms with E-state index in [-0.39, 0.29) is 11.9 Å². The highest BCUT2D eigenvalue weighted by molar-refractivity contribution is 6.05. The van der Waals surface area contributed by atoms with Gasteiger partial charge in [-0.05, 0) is 32.6 Å². The van der Waals surface area contributed by atoms with Crippen LogP contribution in [0, 0.1) is 0 Å². The number of amides is 1. The molecule has 1 amide bonds. The molecular formula is C16H23N5O. The molecule has 3 aliphatic rings. The molecule has 1 aromatic heterocycles. The van der Waals surface area contributed by atoms with Gasteiger partial charge in [-0.25, -0.2) is 4.98 Å². The van der Waals surface area contributed by atoms with Gasteiger partial charge in [-0.15, -0.1) is 0 Å². The largest absolute Gasteiger partial charge is 0.351 e. The molecule has 0 saturated heterocycles. The third-order valence-electron chi connectivity index (χ3n) is 5.23. The molecule has 0 bridgehead atoms. The highest BCUT2D eigenvalue weighted by Crippen LogP contribution is 2.39. The molecule has 0 radical (unpaired) electrons. The van der Waals surface area contributed by atoms with Gasteiger partial charge in [-0.3, -0.25) is 4.79 Å². The molecular weight excluding hydrogens is 278 g/mol. The van der Waals surface area contributed by atoms with Gasteiger partial charge in [-0.1, -0.05) is 12.8 Å². The van der Waals surface area contributed by atoms with Crippen molar-refractivity contribution in [2.75, 3.05) is 28.7 Å². The van der Waals surface area contributed by atoms with Crippen molar-refractivity contribution in [2.45, 2.75) is 57.5 Å². The zero-order chi connectivity index (χ0) is 15.3. The number of anilines is 3. The maximum Gasteiger partial charge on any atom is 0.249 e. The van der Waals surface area contributed by atoms with E-state index >= 15 is 0 Å². The zero-order valence-corrected chi connectivity index (χ0v) is 13.3. The summed E-state index contributed by atoms with van der Waals surface area (Å²) in [7, 11) is 1.95. The SMILES string of the molecule is C[C@H]1C(=O)N2CCCc3nc(NC4CCCC4)nc(c32)N1C. The summed E-state index contributed by atoms with van der Waals surface area (Å²) in [5, 5.41) is 3.50. The Balaban J connectivity index is 1.75. The van der Waals surface area contributed by atoms with Crippen LogP contribution in [0.15, 0.2) is 0 Å². The van der Waals surface area contributed by atoms with Crippen molar-refractivity contribution in [3.63, 3.8) is 0 Å². The second-order valence-electron chi connectivity index (χ2n) is 6.67. The van der Waals surface area contributed by atoms with Crippen molar-refractivity contribution in [3.8, 4) is 0 Å². The molecule has 1 aromatic rings. The van der Waals surface area contributed by atoms with Crippen molar-refractivity contribution >= 4 is 23.4 Å². The molecule has 1 atom stereocenters. The Morgan fingerprint density at radius 1 is 1.18 bits per heavy atom. The zero-order valence-electron chi connectivity index (χ0n) is 13.3. The van der Waals surface area contributed by atoms with Crippen LogP contribution in [0.1, 0.15) is 44.7 Å². The highest BCUT2D eigenvalue weighted by Gasteiger charge is 2.38. The van der Waals surface area contributed by atoms with E-state index in [1.54, 1.807) is 0 Å². The number of rotatable bonds is 2. The van der Waals surface area contributed by atoms with Gasteiger partial charge >= 0.3 is 0 Å². The minimum Gasteiger partial charge on any atom is -0.351 e. The van der Waals surface area contributed by atoms with Crippen LogP contribution in [-0.4, -0.2) is 41.6 Å². The second-order valence-corrected chi connectivity index (χ2v) is 6.67. The average molecular weight is 301 g/mol. The fourth-order valence-electron chi connectivity index (χ4n) is 3.81. The fraction of sp³-hybridized carbons (Fsp3) is 0.688. The lowest BCUT2D eigenvalue weighted by Crippen LogP contribution is -2.53. The van der Waals surface area contributed by atoms with E-state index in [0.29, 0.717) is 6.04 Å². The van der Waals surface area contributed by atoms with Gasteiger partial charge in [0.05, 0.1) is 5.69 Å². The number of nitrogens with one attached hydrogen (secondary N) is 1. The Labute approximate surface area is 130 Å². The summed E-state index contributed by atoms with van der Waals surface area (Å²) in [5.74, 6) is 1.80. The minimum atomic E-state index is -0.160. The van der Waals surface area contributed by atoms with Crippen LogP contribution < -0.4 is 15.1 Å². The van der Waals surface area contributed by atoms with Crippen molar-refractivity contribution in [1.29, 1.82) is 0 Å². The molecule has 0 unspecified atom stereocenters. The van der Waals surface area contributed by atoms with Crippen molar-refractivity contribution in [2.24, 2.45) is 0 Å². The smallest absolute Gasteiger partial charge is 0.249 e. The number of hydrogen-bond donors (Lipinski definition) is 1. The maximum absolute atomic E-state index is 12.5. The first-order valence-electron chi connectivity index (χ1n) is 8.37. The summed E-state index contributed by atoms with van der Waals surface area (Å²) in [5.41, 5.74) is 1.96. The molecule has 2 aliphatic heterocycles. The molecule has 0 spiro atoms. The van der Waals surface area contributed by atoms with Gasteiger partial charge in [0.2, 0.25) is 11.9 Å². The summed E-state index contributed by atoms with van der Waals surface area (Å²) in [4.78, 5) is 25.8. The molecule has 1 fully saturated rings. The standard InChI is InChI=1S/C16H23N5O/c1-10-15(22)21-9-5-8-12-13(21)14(20(10)2)19-16(18-12)17-11-6-3-4-7-11/h10-11H,3-9H2,1-2H3,(H,17,18,19)/t10-/m0/s1. The fourth-order valence-corrected chi connectivity index (χ4v) is 3.81. The van der Waals surface area contributed by atoms with E-state index < -0.39 is 0 Å². The number of aromatic nitrogens is 2. The molecule has 6 heteroatoms. The average Bonchev–Trinajstić information content (AvgIpc) is 3.03. The van der Waals surface area contributed by atoms with E-state index in [0.717, 1.165) is 42.5 Å². The predicted octanol–water partition coefficient (Wildman–Crippen LogP) is 1.95. The summed E-state index contributed by atoms with van der Waals surface area (Å²) in [6, 6.07) is 0.338. The minimum absolute atomic E-state index is 0.160. The number of likely N-dealkylation sites (N-methyl/N-ethyl adjacent to an activating group) is 1. The lowest BCUT2D eigenvalue weighted by Gasteiger charge is -2.41. The van der Waals surface area contributed by atoms with Crippen molar-refractivity contribution in [1.82, 2.24) is 9.97 Å². The van der Waals surface area contributed by atoms with Gasteiger partial charge in [0.25, 0.3) is 0 Å². The normalized spacial score (nSPS) is 24.6. The summed E-state index contributed by atoms with van der Waals surface area (Å²) >= 11 is 0. The van der Waals surface area contributed by atoms with Crippen LogP contribution in [-0.2, 0) is 11.2 Å². The topological polar surface area (TPSA) is 61.4 Å². The second kappa shape index (κ2) is 5.11.